The highest BCUT2D eigenvalue weighted by Crippen LogP contribution is 2.25. The Balaban J connectivity index is 1.64. The summed E-state index contributed by atoms with van der Waals surface area (Å²) in [5.74, 6) is 0.955. The van der Waals surface area contributed by atoms with Gasteiger partial charge in [0.2, 0.25) is 0 Å². The van der Waals surface area contributed by atoms with Crippen LogP contribution in [-0.2, 0) is 17.7 Å². The molecule has 3 N–H and O–H groups in total. The molecule has 0 atom stereocenters. The van der Waals surface area contributed by atoms with E-state index in [-0.39, 0.29) is 28.8 Å². The number of nitrogens with one attached hydrogen (secondary N) is 1. The molecule has 0 amide bonds. The zero-order valence-corrected chi connectivity index (χ0v) is 16.6. The summed E-state index contributed by atoms with van der Waals surface area (Å²) < 4.78 is 25.0. The molecule has 0 saturated carbocycles. The molecular weight excluding hydrogens is 387 g/mol. The smallest absolute Gasteiger partial charge is 0.172 e. The highest BCUT2D eigenvalue weighted by Gasteiger charge is 2.23. The van der Waals surface area contributed by atoms with Crippen LogP contribution in [0.5, 0.6) is 0 Å². The minimum Gasteiger partial charge on any atom is -0.488 e. The summed E-state index contributed by atoms with van der Waals surface area (Å²) in [6, 6.07) is 1.71. The molecule has 0 unspecified atom stereocenters. The van der Waals surface area contributed by atoms with Crippen LogP contribution in [0.4, 0.5) is 10.2 Å². The second kappa shape index (κ2) is 7.96. The van der Waals surface area contributed by atoms with Gasteiger partial charge in [-0.25, -0.2) is 14.4 Å². The average molecular weight is 408 g/mol. The monoisotopic (exact) mass is 408 g/mol. The Morgan fingerprint density at radius 1 is 1.40 bits per heavy atom. The first kappa shape index (κ1) is 19.6. The molecule has 0 radical (unpaired) electrons. The summed E-state index contributed by atoms with van der Waals surface area (Å²) in [7, 11) is 0. The summed E-state index contributed by atoms with van der Waals surface area (Å²) in [6.07, 6.45) is 6.11. The van der Waals surface area contributed by atoms with E-state index in [1.165, 1.54) is 12.4 Å². The molecule has 154 valence electrons. The van der Waals surface area contributed by atoms with E-state index < -0.39 is 5.83 Å². The topological polar surface area (TPSA) is 114 Å². The molecule has 0 spiro atoms. The lowest BCUT2D eigenvalue weighted by Crippen LogP contribution is -2.30. The number of rotatable bonds is 5. The zero-order chi connectivity index (χ0) is 21.3. The van der Waals surface area contributed by atoms with Gasteiger partial charge in [-0.1, -0.05) is 10.9 Å². The van der Waals surface area contributed by atoms with Gasteiger partial charge in [-0.05, 0) is 19.9 Å². The molecule has 0 saturated heterocycles. The van der Waals surface area contributed by atoms with Gasteiger partial charge in [0, 0.05) is 42.8 Å². The van der Waals surface area contributed by atoms with E-state index in [1.54, 1.807) is 26.1 Å². The molecule has 0 bridgehead atoms. The maximum absolute atomic E-state index is 14.3. The molecule has 4 rings (SSSR count). The van der Waals surface area contributed by atoms with E-state index >= 15 is 0 Å². The van der Waals surface area contributed by atoms with E-state index in [9.17, 15) is 4.39 Å². The molecule has 3 heterocycles. The van der Waals surface area contributed by atoms with E-state index in [1.807, 2.05) is 0 Å². The lowest BCUT2D eigenvalue weighted by atomic mass is 10.0. The Morgan fingerprint density at radius 3 is 3.03 bits per heavy atom. The molecule has 2 aliphatic rings. The fourth-order valence-corrected chi connectivity index (χ4v) is 3.25. The molecule has 2 aromatic heterocycles. The number of ether oxygens (including phenoxy) is 1. The van der Waals surface area contributed by atoms with Crippen molar-refractivity contribution in [1.82, 2.24) is 15.1 Å². The molecule has 1 aliphatic heterocycles. The molecule has 0 aromatic carbocycles. The molecule has 9 heteroatoms. The normalized spacial score (nSPS) is 16.2. The number of anilines is 1. The summed E-state index contributed by atoms with van der Waals surface area (Å²) in [5, 5.41) is 12.5. The Bertz CT molecular complexity index is 1120. The summed E-state index contributed by atoms with van der Waals surface area (Å²) in [4.78, 5) is 10.6. The van der Waals surface area contributed by atoms with Crippen molar-refractivity contribution in [2.45, 2.75) is 32.9 Å². The minimum absolute atomic E-state index is 0.00278. The van der Waals surface area contributed by atoms with Crippen LogP contribution in [0.1, 0.15) is 30.9 Å². The second-order valence-electron chi connectivity index (χ2n) is 7.22. The number of allylic oxidation sites excluding steroid dienone is 3. The minimum atomic E-state index is -0.601. The first-order valence-electron chi connectivity index (χ1n) is 9.51. The van der Waals surface area contributed by atoms with E-state index in [0.29, 0.717) is 24.6 Å². The molecule has 0 fully saturated rings. The van der Waals surface area contributed by atoms with Gasteiger partial charge in [-0.2, -0.15) is 0 Å². The number of fused-ring (bicyclic) bond motifs is 1. The van der Waals surface area contributed by atoms with Gasteiger partial charge in [0.05, 0.1) is 29.4 Å². The molecule has 30 heavy (non-hydrogen) atoms. The molecular formula is C21H21FN6O2. The van der Waals surface area contributed by atoms with Crippen LogP contribution >= 0.6 is 0 Å². The maximum Gasteiger partial charge on any atom is 0.172 e. The van der Waals surface area contributed by atoms with Crippen molar-refractivity contribution in [3.63, 3.8) is 0 Å². The van der Waals surface area contributed by atoms with Crippen molar-refractivity contribution in [1.29, 1.82) is 5.41 Å². The average Bonchev–Trinajstić information content (AvgIpc) is 3.16. The van der Waals surface area contributed by atoms with Crippen molar-refractivity contribution < 1.29 is 13.7 Å². The number of aromatic nitrogens is 3. The van der Waals surface area contributed by atoms with Crippen molar-refractivity contribution >= 4 is 11.5 Å². The molecule has 2 aromatic rings. The van der Waals surface area contributed by atoms with Crippen LogP contribution < -0.4 is 10.6 Å². The zero-order valence-electron chi connectivity index (χ0n) is 16.6. The number of nitrogens with two attached hydrogens (primary N) is 1. The highest BCUT2D eigenvalue weighted by atomic mass is 19.1. The lowest BCUT2D eigenvalue weighted by Gasteiger charge is -2.26. The van der Waals surface area contributed by atoms with Gasteiger partial charge in [-0.15, -0.1) is 0 Å². The predicted octanol–water partition coefficient (Wildman–Crippen LogP) is 2.94. The van der Waals surface area contributed by atoms with E-state index in [2.05, 4.69) is 25.8 Å². The van der Waals surface area contributed by atoms with Crippen LogP contribution in [0.3, 0.4) is 0 Å². The Kier molecular flexibility index (Phi) is 5.20. The third kappa shape index (κ3) is 3.88. The Hall–Kier alpha value is -3.71. The highest BCUT2D eigenvalue weighted by molar-refractivity contribution is 6.12. The van der Waals surface area contributed by atoms with Crippen molar-refractivity contribution in [2.75, 3.05) is 11.4 Å². The summed E-state index contributed by atoms with van der Waals surface area (Å²) in [6.45, 7) is 4.90. The Morgan fingerprint density at radius 2 is 2.23 bits per heavy atom. The quantitative estimate of drug-likeness (QED) is 0.577. The number of nitrogens with zero attached hydrogens (tertiary/aromatic N) is 4. The van der Waals surface area contributed by atoms with E-state index in [4.69, 9.17) is 20.4 Å². The fourth-order valence-electron chi connectivity index (χ4n) is 3.25. The number of halogens is 1. The molecule has 1 aliphatic carbocycles. The first-order chi connectivity index (χ1) is 14.4. The fraction of sp³-hybridized carbons (Fsp3) is 0.286. The first-order valence-corrected chi connectivity index (χ1v) is 9.51. The second-order valence-corrected chi connectivity index (χ2v) is 7.22. The van der Waals surface area contributed by atoms with Gasteiger partial charge in [0.1, 0.15) is 17.9 Å². The lowest BCUT2D eigenvalue weighted by molar-refractivity contribution is 0.151. The van der Waals surface area contributed by atoms with Crippen molar-refractivity contribution in [2.24, 2.45) is 5.73 Å². The standard InChI is InChI=1S/C21H21FN6O2/c1-12(2)29-19-7-14(16(23)4-3-15(19)22)21(24)17-8-20(26-11-25-17)28-6-5-18-13(10-28)9-27-30-18/h3,7-9,11-12,24H,5-6,10,23H2,1-2H3. The van der Waals surface area contributed by atoms with Crippen LogP contribution in [-0.4, -0.2) is 33.5 Å². The van der Waals surface area contributed by atoms with Crippen LogP contribution in [0.2, 0.25) is 0 Å². The van der Waals surface area contributed by atoms with Gasteiger partial charge >= 0.3 is 0 Å². The summed E-state index contributed by atoms with van der Waals surface area (Å²) >= 11 is 0. The van der Waals surface area contributed by atoms with Crippen LogP contribution in [0.15, 0.2) is 63.9 Å². The Labute approximate surface area is 172 Å². The number of hydrogen-bond acceptors (Lipinski definition) is 8. The maximum atomic E-state index is 14.3. The van der Waals surface area contributed by atoms with Crippen LogP contribution in [0.25, 0.3) is 0 Å². The van der Waals surface area contributed by atoms with Gasteiger partial charge in [-0.3, -0.25) is 5.41 Å². The predicted molar refractivity (Wildman–Crippen MR) is 108 cm³/mol. The summed E-state index contributed by atoms with van der Waals surface area (Å²) in [5.41, 5.74) is 10.5. The third-order valence-corrected chi connectivity index (χ3v) is 4.72. The van der Waals surface area contributed by atoms with E-state index in [0.717, 1.165) is 23.8 Å². The molecule has 8 nitrogen and oxygen atoms in total. The number of hydrogen-bond donors (Lipinski definition) is 2. The van der Waals surface area contributed by atoms with Crippen molar-refractivity contribution in [3.8, 4) is 0 Å². The van der Waals surface area contributed by atoms with Gasteiger partial charge < -0.3 is 19.9 Å². The van der Waals surface area contributed by atoms with Gasteiger partial charge in [0.25, 0.3) is 0 Å². The van der Waals surface area contributed by atoms with Gasteiger partial charge in [0.15, 0.2) is 11.6 Å². The third-order valence-electron chi connectivity index (χ3n) is 4.72. The largest absolute Gasteiger partial charge is 0.488 e. The SMILES string of the molecule is CC(C)OC1=C(F)C=C=C(N)C(C(=N)c2cc(N3CCc4oncc4C3)ncn2)=C1. The van der Waals surface area contributed by atoms with Crippen LogP contribution in [0, 0.1) is 5.41 Å². The van der Waals surface area contributed by atoms with Crippen molar-refractivity contribution in [3.05, 3.63) is 76.3 Å².